The number of amides is 2. The van der Waals surface area contributed by atoms with Crippen molar-refractivity contribution in [3.63, 3.8) is 0 Å². The number of rotatable bonds is 6. The van der Waals surface area contributed by atoms with Crippen molar-refractivity contribution in [1.82, 2.24) is 9.97 Å². The third kappa shape index (κ3) is 5.67. The lowest BCUT2D eigenvalue weighted by atomic mass is 10.1. The summed E-state index contributed by atoms with van der Waals surface area (Å²) in [6, 6.07) is 13.1. The first-order valence-corrected chi connectivity index (χ1v) is 11.3. The molecular formula is C25H28FN5O4. The zero-order valence-corrected chi connectivity index (χ0v) is 19.6. The molecule has 3 heterocycles. The lowest BCUT2D eigenvalue weighted by molar-refractivity contribution is 0.0536. The lowest BCUT2D eigenvalue weighted by Crippen LogP contribution is -2.42. The van der Waals surface area contributed by atoms with Gasteiger partial charge < -0.3 is 19.8 Å². The summed E-state index contributed by atoms with van der Waals surface area (Å²) in [6.45, 7) is 2.27. The summed E-state index contributed by atoms with van der Waals surface area (Å²) in [5.74, 6) is 0.779. The van der Waals surface area contributed by atoms with Crippen molar-refractivity contribution in [2.75, 3.05) is 41.9 Å². The summed E-state index contributed by atoms with van der Waals surface area (Å²) >= 11 is 0. The molecule has 2 amide bonds. The van der Waals surface area contributed by atoms with Crippen LogP contribution in [0.4, 0.5) is 26.5 Å². The molecular weight excluding hydrogens is 453 g/mol. The molecule has 4 rings (SSSR count). The van der Waals surface area contributed by atoms with Gasteiger partial charge in [0.15, 0.2) is 5.82 Å². The number of aliphatic hydroxyl groups is 2. The van der Waals surface area contributed by atoms with Gasteiger partial charge in [0, 0.05) is 25.2 Å². The zero-order valence-electron chi connectivity index (χ0n) is 19.6. The van der Waals surface area contributed by atoms with Gasteiger partial charge in [-0.1, -0.05) is 12.1 Å². The van der Waals surface area contributed by atoms with E-state index in [2.05, 4.69) is 15.2 Å². The van der Waals surface area contributed by atoms with Crippen LogP contribution >= 0.6 is 0 Å². The van der Waals surface area contributed by atoms with Crippen LogP contribution in [-0.2, 0) is 0 Å². The van der Waals surface area contributed by atoms with E-state index in [0.29, 0.717) is 17.3 Å². The van der Waals surface area contributed by atoms with E-state index in [1.54, 1.807) is 17.0 Å². The SMILES string of the molecule is C[C@@H]1CCN(C)c2ccc(-c3cccc(OC[C@@H](O)CO)c3)nc2N1C(=O)Nc1ccc(F)cn1. The summed E-state index contributed by atoms with van der Waals surface area (Å²) in [6.07, 6.45) is 0.806. The molecule has 2 atom stereocenters. The Morgan fingerprint density at radius 2 is 2.11 bits per heavy atom. The maximum atomic E-state index is 13.3. The third-order valence-electron chi connectivity index (χ3n) is 5.78. The van der Waals surface area contributed by atoms with Crippen molar-refractivity contribution in [2.24, 2.45) is 0 Å². The lowest BCUT2D eigenvalue weighted by Gasteiger charge is -2.28. The van der Waals surface area contributed by atoms with Crippen LogP contribution in [0, 0.1) is 5.82 Å². The van der Waals surface area contributed by atoms with Crippen molar-refractivity contribution in [1.29, 1.82) is 0 Å². The van der Waals surface area contributed by atoms with Crippen molar-refractivity contribution >= 4 is 23.4 Å². The number of carbonyl (C=O) groups is 1. The minimum atomic E-state index is -0.969. The number of anilines is 3. The topological polar surface area (TPSA) is 111 Å². The largest absolute Gasteiger partial charge is 0.491 e. The summed E-state index contributed by atoms with van der Waals surface area (Å²) < 4.78 is 18.8. The number of ether oxygens (including phenoxy) is 1. The Balaban J connectivity index is 1.67. The number of aliphatic hydroxyl groups excluding tert-OH is 2. The highest BCUT2D eigenvalue weighted by Crippen LogP contribution is 2.35. The molecule has 0 fully saturated rings. The third-order valence-corrected chi connectivity index (χ3v) is 5.78. The summed E-state index contributed by atoms with van der Waals surface area (Å²) in [7, 11) is 1.96. The van der Waals surface area contributed by atoms with E-state index in [0.717, 1.165) is 30.4 Å². The van der Waals surface area contributed by atoms with Crippen molar-refractivity contribution in [3.05, 3.63) is 60.5 Å². The number of benzene rings is 1. The van der Waals surface area contributed by atoms with Crippen LogP contribution in [0.2, 0.25) is 0 Å². The molecule has 0 spiro atoms. The molecule has 3 aromatic rings. The molecule has 35 heavy (non-hydrogen) atoms. The molecule has 3 N–H and O–H groups in total. The smallest absolute Gasteiger partial charge is 0.328 e. The van der Waals surface area contributed by atoms with E-state index in [1.165, 1.54) is 12.1 Å². The Hall–Kier alpha value is -3.76. The first-order valence-electron chi connectivity index (χ1n) is 11.3. The molecule has 184 valence electrons. The van der Waals surface area contributed by atoms with Crippen molar-refractivity contribution in [2.45, 2.75) is 25.5 Å². The number of hydrogen-bond donors (Lipinski definition) is 3. The van der Waals surface area contributed by atoms with E-state index in [4.69, 9.17) is 14.8 Å². The van der Waals surface area contributed by atoms with E-state index >= 15 is 0 Å². The van der Waals surface area contributed by atoms with Crippen LogP contribution in [0.5, 0.6) is 5.75 Å². The van der Waals surface area contributed by atoms with Crippen LogP contribution in [0.15, 0.2) is 54.7 Å². The van der Waals surface area contributed by atoms with E-state index in [9.17, 15) is 14.3 Å². The number of carbonyl (C=O) groups excluding carboxylic acids is 1. The highest BCUT2D eigenvalue weighted by molar-refractivity contribution is 6.03. The van der Waals surface area contributed by atoms with Crippen LogP contribution in [0.1, 0.15) is 13.3 Å². The van der Waals surface area contributed by atoms with Crippen molar-refractivity contribution in [3.8, 4) is 17.0 Å². The Labute approximate surface area is 202 Å². The van der Waals surface area contributed by atoms with E-state index in [1.807, 2.05) is 38.2 Å². The number of aromatic nitrogens is 2. The van der Waals surface area contributed by atoms with Gasteiger partial charge in [-0.05, 0) is 49.7 Å². The van der Waals surface area contributed by atoms with Gasteiger partial charge in [-0.25, -0.2) is 19.2 Å². The van der Waals surface area contributed by atoms with Gasteiger partial charge >= 0.3 is 6.03 Å². The maximum absolute atomic E-state index is 13.3. The second-order valence-electron chi connectivity index (χ2n) is 8.44. The van der Waals surface area contributed by atoms with Gasteiger partial charge in [0.05, 0.1) is 24.2 Å². The number of urea groups is 1. The monoisotopic (exact) mass is 481 g/mol. The molecule has 0 unspecified atom stereocenters. The van der Waals surface area contributed by atoms with Gasteiger partial charge in [0.2, 0.25) is 0 Å². The highest BCUT2D eigenvalue weighted by atomic mass is 19.1. The van der Waals surface area contributed by atoms with E-state index < -0.39 is 18.0 Å². The Bertz CT molecular complexity index is 1180. The molecule has 1 aliphatic heterocycles. The Morgan fingerprint density at radius 1 is 1.29 bits per heavy atom. The zero-order chi connectivity index (χ0) is 24.9. The second-order valence-corrected chi connectivity index (χ2v) is 8.44. The molecule has 0 saturated carbocycles. The van der Waals surface area contributed by atoms with Crippen molar-refractivity contribution < 1.29 is 24.1 Å². The number of hydrogen-bond acceptors (Lipinski definition) is 7. The summed E-state index contributed by atoms with van der Waals surface area (Å²) in [5.41, 5.74) is 2.21. The highest BCUT2D eigenvalue weighted by Gasteiger charge is 2.30. The maximum Gasteiger partial charge on any atom is 0.328 e. The predicted molar refractivity (Wildman–Crippen MR) is 131 cm³/mol. The van der Waals surface area contributed by atoms with Crippen LogP contribution < -0.4 is 19.9 Å². The molecule has 0 aliphatic carbocycles. The standard InChI is InChI=1S/C25H28FN5O4/c1-16-10-11-30(2)22-8-7-21(17-4-3-5-20(12-17)35-15-19(33)14-32)28-24(22)31(16)25(34)29-23-9-6-18(26)13-27-23/h3-9,12-13,16,19,32-33H,10-11,14-15H2,1-2H3,(H,27,29,34)/t16-,19+/m1/s1. The Morgan fingerprint density at radius 3 is 2.86 bits per heavy atom. The first-order chi connectivity index (χ1) is 16.9. The van der Waals surface area contributed by atoms with Gasteiger partial charge in [0.25, 0.3) is 0 Å². The molecule has 2 aromatic heterocycles. The number of nitrogens with zero attached hydrogens (tertiary/aromatic N) is 4. The molecule has 0 radical (unpaired) electrons. The average molecular weight is 482 g/mol. The normalized spacial score (nSPS) is 16.3. The molecule has 1 aromatic carbocycles. The number of pyridine rings is 2. The fourth-order valence-electron chi connectivity index (χ4n) is 3.82. The average Bonchev–Trinajstić information content (AvgIpc) is 2.99. The van der Waals surface area contributed by atoms with Gasteiger partial charge in [0.1, 0.15) is 30.1 Å². The fraction of sp³-hybridized carbons (Fsp3) is 0.320. The minimum Gasteiger partial charge on any atom is -0.491 e. The summed E-state index contributed by atoms with van der Waals surface area (Å²) in [5, 5.41) is 21.3. The quantitative estimate of drug-likeness (QED) is 0.496. The predicted octanol–water partition coefficient (Wildman–Crippen LogP) is 3.28. The second kappa shape index (κ2) is 10.7. The number of nitrogens with one attached hydrogen (secondary N) is 1. The van der Waals surface area contributed by atoms with Crippen LogP contribution in [0.25, 0.3) is 11.3 Å². The minimum absolute atomic E-state index is 0.0365. The summed E-state index contributed by atoms with van der Waals surface area (Å²) in [4.78, 5) is 25.8. The molecule has 9 nitrogen and oxygen atoms in total. The molecule has 1 aliphatic rings. The van der Waals surface area contributed by atoms with Crippen LogP contribution in [-0.4, -0.2) is 65.2 Å². The fourth-order valence-corrected chi connectivity index (χ4v) is 3.82. The number of fused-ring (bicyclic) bond motifs is 1. The molecule has 0 bridgehead atoms. The van der Waals surface area contributed by atoms with Gasteiger partial charge in [-0.2, -0.15) is 0 Å². The Kier molecular flexibility index (Phi) is 7.42. The van der Waals surface area contributed by atoms with E-state index in [-0.39, 0.29) is 25.1 Å². The molecule has 10 heteroatoms. The van der Waals surface area contributed by atoms with Gasteiger partial charge in [-0.15, -0.1) is 0 Å². The molecule has 0 saturated heterocycles. The first kappa shape index (κ1) is 24.4. The van der Waals surface area contributed by atoms with Gasteiger partial charge in [-0.3, -0.25) is 10.2 Å². The number of halogens is 1. The van der Waals surface area contributed by atoms with Crippen LogP contribution in [0.3, 0.4) is 0 Å².